The Morgan fingerprint density at radius 3 is 1.85 bits per heavy atom. The summed E-state index contributed by atoms with van der Waals surface area (Å²) in [5.74, 6) is 0. The van der Waals surface area contributed by atoms with Crippen LogP contribution in [0.2, 0.25) is 0 Å². The van der Waals surface area contributed by atoms with Crippen molar-refractivity contribution in [2.75, 3.05) is 28.2 Å². The molecule has 0 aliphatic heterocycles. The first kappa shape index (κ1) is 15.8. The van der Waals surface area contributed by atoms with Crippen molar-refractivity contribution in [1.29, 1.82) is 0 Å². The van der Waals surface area contributed by atoms with Gasteiger partial charge in [-0.3, -0.25) is 0 Å². The summed E-state index contributed by atoms with van der Waals surface area (Å²) in [4.78, 5) is 1.62. The van der Waals surface area contributed by atoms with E-state index in [0.717, 1.165) is 0 Å². The van der Waals surface area contributed by atoms with E-state index in [-0.39, 0.29) is 12.4 Å². The highest BCUT2D eigenvalue weighted by molar-refractivity contribution is 8.05. The minimum Gasteiger partial charge on any atom is -1.00 e. The quantitative estimate of drug-likeness (QED) is 0.259. The average Bonchev–Trinajstić information content (AvgIpc) is 1.79. The summed E-state index contributed by atoms with van der Waals surface area (Å²) in [6, 6.07) is 0.350. The maximum atomic E-state index is 10.9. The highest BCUT2D eigenvalue weighted by Crippen LogP contribution is 2.57. The van der Waals surface area contributed by atoms with Crippen LogP contribution in [0.3, 0.4) is 0 Å². The number of rotatable bonds is 1. The molecule has 0 rings (SSSR count). The van der Waals surface area contributed by atoms with Crippen LogP contribution in [-0.4, -0.2) is 43.7 Å². The van der Waals surface area contributed by atoms with Gasteiger partial charge in [0.2, 0.25) is 0 Å². The molecule has 0 aliphatic rings. The summed E-state index contributed by atoms with van der Waals surface area (Å²) in [5, 5.41) is 0. The first-order valence-electron chi connectivity index (χ1n) is 3.14. The first-order chi connectivity index (χ1) is 5.24. The highest BCUT2D eigenvalue weighted by atomic mass is 35.9. The van der Waals surface area contributed by atoms with E-state index in [2.05, 4.69) is 0 Å². The van der Waals surface area contributed by atoms with Crippen LogP contribution in [0.25, 0.3) is 0 Å². The molecule has 4 nitrogen and oxygen atoms in total. The van der Waals surface area contributed by atoms with Gasteiger partial charge in [-0.25, -0.2) is 14.0 Å². The van der Waals surface area contributed by atoms with E-state index in [1.165, 1.54) is 0 Å². The molecule has 80 valence electrons. The molecule has 0 spiro atoms. The van der Waals surface area contributed by atoms with Gasteiger partial charge in [0.05, 0.1) is 28.2 Å². The Labute approximate surface area is 93.9 Å². The number of hydrogen-bond acceptors (Lipinski definition) is 2. The van der Waals surface area contributed by atoms with Gasteiger partial charge >= 0.3 is 12.1 Å². The molecule has 0 heterocycles. The molecule has 0 saturated heterocycles. The summed E-state index contributed by atoms with van der Waals surface area (Å²) in [5.41, 5.74) is 0. The topological polar surface area (TPSA) is 32.5 Å². The molecule has 0 aromatic heterocycles. The van der Waals surface area contributed by atoms with Gasteiger partial charge in [0, 0.05) is 22.5 Å². The van der Waals surface area contributed by atoms with Crippen molar-refractivity contribution >= 4 is 34.6 Å². The van der Waals surface area contributed by atoms with Crippen LogP contribution in [-0.2, 0) is 9.09 Å². The van der Waals surface area contributed by atoms with Crippen molar-refractivity contribution in [3.8, 4) is 0 Å². The minimum atomic E-state index is -3.51. The molecular weight excluding hydrogens is 257 g/mol. The zero-order chi connectivity index (χ0) is 9.94. The number of halogens is 3. The second-order valence-electron chi connectivity index (χ2n) is 2.58. The van der Waals surface area contributed by atoms with Crippen LogP contribution in [0.5, 0.6) is 0 Å². The van der Waals surface area contributed by atoms with Crippen molar-refractivity contribution in [3.05, 3.63) is 0 Å². The minimum absolute atomic E-state index is 0. The Bertz CT molecular complexity index is 234. The van der Waals surface area contributed by atoms with E-state index in [9.17, 15) is 4.57 Å². The van der Waals surface area contributed by atoms with Gasteiger partial charge < -0.3 is 16.9 Å². The summed E-state index contributed by atoms with van der Waals surface area (Å²) >= 11 is 10.5. The molecule has 0 aromatic carbocycles. The normalized spacial score (nSPS) is 10.0. The average molecular weight is 269 g/mol. The van der Waals surface area contributed by atoms with Gasteiger partial charge in [-0.2, -0.15) is 0 Å². The fraction of sp³-hybridized carbons (Fsp3) is 0.800. The zero-order valence-electron chi connectivity index (χ0n) is 7.79. The molecule has 8 heteroatoms. The van der Waals surface area contributed by atoms with Gasteiger partial charge in [-0.05, 0) is 0 Å². The lowest BCUT2D eigenvalue weighted by Gasteiger charge is -2.11. The molecule has 0 saturated carbocycles. The number of hydrogen-bond donors (Lipinski definition) is 0. The van der Waals surface area contributed by atoms with Gasteiger partial charge in [0.25, 0.3) is 0 Å². The van der Waals surface area contributed by atoms with Crippen LogP contribution in [0.15, 0.2) is 0 Å². The van der Waals surface area contributed by atoms with Crippen LogP contribution < -0.4 is 12.4 Å². The van der Waals surface area contributed by atoms with E-state index >= 15 is 0 Å². The third-order valence-electron chi connectivity index (χ3n) is 0.953. The monoisotopic (exact) mass is 268 g/mol. The molecule has 0 aromatic rings. The Kier molecular flexibility index (Phi) is 7.26. The number of amidine groups is 1. The Balaban J connectivity index is 0. The summed E-state index contributed by atoms with van der Waals surface area (Å²) in [6.45, 7) is 0. The Hall–Kier alpha value is 0.370. The second-order valence-corrected chi connectivity index (χ2v) is 6.78. The fourth-order valence-corrected chi connectivity index (χ4v) is 1.55. The molecule has 0 N–H and O–H groups in total. The standard InChI is InChI=1S/C5H12Cl2N2O2P.ClH/c1-8(2)5(9(3)4)11-12(6,7)10;/h1-4H3;1H/q+1;/p-1. The van der Waals surface area contributed by atoms with Crippen molar-refractivity contribution in [2.45, 2.75) is 0 Å². The fourth-order valence-electron chi connectivity index (χ4n) is 0.658. The van der Waals surface area contributed by atoms with Crippen molar-refractivity contribution < 1.29 is 26.1 Å². The maximum Gasteiger partial charge on any atom is 0.452 e. The zero-order valence-corrected chi connectivity index (χ0v) is 11.0. The van der Waals surface area contributed by atoms with Crippen molar-refractivity contribution in [2.24, 2.45) is 0 Å². The smallest absolute Gasteiger partial charge is 0.452 e. The molecule has 0 bridgehead atoms. The SMILES string of the molecule is CN(C)C(OP(=O)(Cl)Cl)=[N+](C)C.[Cl-]. The summed E-state index contributed by atoms with van der Waals surface area (Å²) in [7, 11) is 6.94. The van der Waals surface area contributed by atoms with Gasteiger partial charge in [-0.1, -0.05) is 0 Å². The van der Waals surface area contributed by atoms with Crippen LogP contribution in [0.1, 0.15) is 0 Å². The molecule has 0 radical (unpaired) electrons. The van der Waals surface area contributed by atoms with Crippen molar-refractivity contribution in [1.82, 2.24) is 4.90 Å². The van der Waals surface area contributed by atoms with E-state index in [1.54, 1.807) is 37.7 Å². The molecule has 13 heavy (non-hydrogen) atoms. The number of nitrogens with zero attached hydrogens (tertiary/aromatic N) is 2. The Morgan fingerprint density at radius 2 is 1.77 bits per heavy atom. The lowest BCUT2D eigenvalue weighted by atomic mass is 10.8. The van der Waals surface area contributed by atoms with Crippen LogP contribution in [0, 0.1) is 0 Å². The lowest BCUT2D eigenvalue weighted by Crippen LogP contribution is -3.00. The molecular formula is C5H12Cl3N2O2P. The van der Waals surface area contributed by atoms with E-state index in [0.29, 0.717) is 6.02 Å². The van der Waals surface area contributed by atoms with Crippen molar-refractivity contribution in [3.63, 3.8) is 0 Å². The summed E-state index contributed by atoms with van der Waals surface area (Å²) < 4.78 is 17.3. The van der Waals surface area contributed by atoms with E-state index in [1.807, 2.05) is 0 Å². The Morgan fingerprint density at radius 1 is 1.38 bits per heavy atom. The first-order valence-corrected chi connectivity index (χ1v) is 6.58. The molecule has 0 aliphatic carbocycles. The lowest BCUT2D eigenvalue weighted by molar-refractivity contribution is -0.478. The van der Waals surface area contributed by atoms with E-state index < -0.39 is 6.07 Å². The molecule has 0 fully saturated rings. The van der Waals surface area contributed by atoms with Gasteiger partial charge in [-0.15, -0.1) is 0 Å². The maximum absolute atomic E-state index is 10.9. The van der Waals surface area contributed by atoms with Crippen LogP contribution >= 0.6 is 28.6 Å². The second kappa shape index (κ2) is 5.97. The van der Waals surface area contributed by atoms with E-state index in [4.69, 9.17) is 27.0 Å². The van der Waals surface area contributed by atoms with Gasteiger partial charge in [0.1, 0.15) is 0 Å². The largest absolute Gasteiger partial charge is 1.00 e. The molecule has 0 unspecified atom stereocenters. The third kappa shape index (κ3) is 7.44. The predicted molar refractivity (Wildman–Crippen MR) is 51.2 cm³/mol. The predicted octanol–water partition coefficient (Wildman–Crippen LogP) is -1.22. The third-order valence-corrected chi connectivity index (χ3v) is 1.74. The summed E-state index contributed by atoms with van der Waals surface area (Å²) in [6.07, 6.45) is -3.51. The highest BCUT2D eigenvalue weighted by Gasteiger charge is 2.25. The van der Waals surface area contributed by atoms with Crippen LogP contribution in [0.4, 0.5) is 0 Å². The molecule has 0 amide bonds. The van der Waals surface area contributed by atoms with Gasteiger partial charge in [0.15, 0.2) is 0 Å². The molecule has 0 atom stereocenters.